The summed E-state index contributed by atoms with van der Waals surface area (Å²) in [6, 6.07) is 14.1. The van der Waals surface area contributed by atoms with Crippen LogP contribution < -0.4 is 5.32 Å². The van der Waals surface area contributed by atoms with Gasteiger partial charge in [-0.25, -0.2) is 0 Å². The van der Waals surface area contributed by atoms with E-state index < -0.39 is 0 Å². The highest BCUT2D eigenvalue weighted by atomic mass is 79.9. The fourth-order valence-electron chi connectivity index (χ4n) is 1.88. The number of carbonyl (C=O) groups is 1. The Labute approximate surface area is 138 Å². The molecule has 4 heteroatoms. The SMILES string of the molecule is Cc1ccc(SC(C)C(=O)Nc2ccc(Br)cc2C)cc1. The number of benzene rings is 2. The molecule has 2 aromatic carbocycles. The van der Waals surface area contributed by atoms with Crippen LogP contribution in [-0.2, 0) is 4.79 Å². The fraction of sp³-hybridized carbons (Fsp3) is 0.235. The Balaban J connectivity index is 2.00. The number of hydrogen-bond acceptors (Lipinski definition) is 2. The zero-order valence-electron chi connectivity index (χ0n) is 12.3. The molecule has 2 nitrogen and oxygen atoms in total. The lowest BCUT2D eigenvalue weighted by atomic mass is 10.2. The van der Waals surface area contributed by atoms with E-state index in [0.29, 0.717) is 0 Å². The Kier molecular flexibility index (Phi) is 5.48. The molecule has 1 unspecified atom stereocenters. The molecule has 0 saturated carbocycles. The molecule has 2 rings (SSSR count). The summed E-state index contributed by atoms with van der Waals surface area (Å²) < 4.78 is 1.01. The van der Waals surface area contributed by atoms with Crippen molar-refractivity contribution in [3.63, 3.8) is 0 Å². The highest BCUT2D eigenvalue weighted by molar-refractivity contribution is 9.10. The minimum absolute atomic E-state index is 0.0194. The summed E-state index contributed by atoms with van der Waals surface area (Å²) >= 11 is 4.99. The van der Waals surface area contributed by atoms with Crippen molar-refractivity contribution in [3.8, 4) is 0 Å². The van der Waals surface area contributed by atoms with E-state index >= 15 is 0 Å². The van der Waals surface area contributed by atoms with Gasteiger partial charge in [-0.05, 0) is 56.7 Å². The van der Waals surface area contributed by atoms with E-state index in [-0.39, 0.29) is 11.2 Å². The average molecular weight is 364 g/mol. The van der Waals surface area contributed by atoms with Gasteiger partial charge in [0.1, 0.15) is 0 Å². The molecule has 0 spiro atoms. The molecule has 0 aliphatic rings. The average Bonchev–Trinajstić information content (AvgIpc) is 2.44. The van der Waals surface area contributed by atoms with Crippen LogP contribution in [0.3, 0.4) is 0 Å². The molecule has 0 fully saturated rings. The second kappa shape index (κ2) is 7.14. The van der Waals surface area contributed by atoms with Crippen LogP contribution in [-0.4, -0.2) is 11.2 Å². The van der Waals surface area contributed by atoms with Crippen LogP contribution in [0.1, 0.15) is 18.1 Å². The van der Waals surface area contributed by atoms with Crippen molar-refractivity contribution in [1.82, 2.24) is 0 Å². The Bertz CT molecular complexity index is 640. The van der Waals surface area contributed by atoms with E-state index in [9.17, 15) is 4.79 Å². The van der Waals surface area contributed by atoms with Gasteiger partial charge in [0, 0.05) is 15.1 Å². The first-order chi connectivity index (χ1) is 9.95. The van der Waals surface area contributed by atoms with Gasteiger partial charge in [0.2, 0.25) is 5.91 Å². The third kappa shape index (κ3) is 4.61. The van der Waals surface area contributed by atoms with Gasteiger partial charge in [0.25, 0.3) is 0 Å². The van der Waals surface area contributed by atoms with Gasteiger partial charge in [0.05, 0.1) is 5.25 Å². The molecule has 0 aliphatic carbocycles. The van der Waals surface area contributed by atoms with Crippen molar-refractivity contribution in [3.05, 3.63) is 58.1 Å². The third-order valence-electron chi connectivity index (χ3n) is 3.15. The number of rotatable bonds is 4. The summed E-state index contributed by atoms with van der Waals surface area (Å²) in [5, 5.41) is 2.85. The minimum atomic E-state index is -0.143. The van der Waals surface area contributed by atoms with Gasteiger partial charge in [-0.3, -0.25) is 4.79 Å². The van der Waals surface area contributed by atoms with Gasteiger partial charge in [-0.15, -0.1) is 11.8 Å². The number of carbonyl (C=O) groups excluding carboxylic acids is 1. The molecular formula is C17H18BrNOS. The van der Waals surface area contributed by atoms with Crippen molar-refractivity contribution in [2.45, 2.75) is 30.9 Å². The maximum atomic E-state index is 12.3. The first kappa shape index (κ1) is 16.1. The molecule has 0 aliphatic heterocycles. The van der Waals surface area contributed by atoms with Gasteiger partial charge in [-0.2, -0.15) is 0 Å². The van der Waals surface area contributed by atoms with E-state index in [0.717, 1.165) is 20.6 Å². The van der Waals surface area contributed by atoms with Crippen LogP contribution in [0, 0.1) is 13.8 Å². The van der Waals surface area contributed by atoms with Gasteiger partial charge >= 0.3 is 0 Å². The molecule has 2 aromatic rings. The van der Waals surface area contributed by atoms with Gasteiger partial charge in [0.15, 0.2) is 0 Å². The maximum Gasteiger partial charge on any atom is 0.237 e. The van der Waals surface area contributed by atoms with Crippen LogP contribution in [0.2, 0.25) is 0 Å². The summed E-state index contributed by atoms with van der Waals surface area (Å²) in [6.07, 6.45) is 0. The monoisotopic (exact) mass is 363 g/mol. The van der Waals surface area contributed by atoms with E-state index in [1.54, 1.807) is 11.8 Å². The van der Waals surface area contributed by atoms with Crippen molar-refractivity contribution in [2.24, 2.45) is 0 Å². The smallest absolute Gasteiger partial charge is 0.237 e. The molecular weight excluding hydrogens is 346 g/mol. The van der Waals surface area contributed by atoms with Gasteiger partial charge in [-0.1, -0.05) is 33.6 Å². The Morgan fingerprint density at radius 1 is 1.14 bits per heavy atom. The Hall–Kier alpha value is -1.26. The zero-order valence-corrected chi connectivity index (χ0v) is 14.7. The molecule has 0 saturated heterocycles. The topological polar surface area (TPSA) is 29.1 Å². The van der Waals surface area contributed by atoms with Crippen molar-refractivity contribution >= 4 is 39.3 Å². The number of hydrogen-bond donors (Lipinski definition) is 1. The van der Waals surface area contributed by atoms with Crippen molar-refractivity contribution in [2.75, 3.05) is 5.32 Å². The van der Waals surface area contributed by atoms with Crippen LogP contribution in [0.25, 0.3) is 0 Å². The normalized spacial score (nSPS) is 12.0. The van der Waals surface area contributed by atoms with E-state index in [1.807, 2.05) is 32.0 Å². The second-order valence-electron chi connectivity index (χ2n) is 5.02. The van der Waals surface area contributed by atoms with Crippen LogP contribution in [0.15, 0.2) is 51.8 Å². The predicted octanol–water partition coefficient (Wildman–Crippen LogP) is 5.19. The number of thioether (sulfide) groups is 1. The zero-order chi connectivity index (χ0) is 15.4. The summed E-state index contributed by atoms with van der Waals surface area (Å²) in [7, 11) is 0. The Morgan fingerprint density at radius 2 is 1.81 bits per heavy atom. The molecule has 110 valence electrons. The van der Waals surface area contributed by atoms with Crippen molar-refractivity contribution < 1.29 is 4.79 Å². The van der Waals surface area contributed by atoms with E-state index in [1.165, 1.54) is 5.56 Å². The number of amides is 1. The fourth-order valence-corrected chi connectivity index (χ4v) is 3.22. The predicted molar refractivity (Wildman–Crippen MR) is 94.0 cm³/mol. The number of aryl methyl sites for hydroxylation is 2. The summed E-state index contributed by atoms with van der Waals surface area (Å²) in [5.41, 5.74) is 3.13. The highest BCUT2D eigenvalue weighted by Gasteiger charge is 2.15. The lowest BCUT2D eigenvalue weighted by Gasteiger charge is -2.14. The number of anilines is 1. The molecule has 0 bridgehead atoms. The first-order valence-electron chi connectivity index (χ1n) is 6.76. The summed E-state index contributed by atoms with van der Waals surface area (Å²) in [6.45, 7) is 5.97. The lowest BCUT2D eigenvalue weighted by molar-refractivity contribution is -0.115. The van der Waals surface area contributed by atoms with Crippen LogP contribution in [0.5, 0.6) is 0 Å². The molecule has 0 aromatic heterocycles. The highest BCUT2D eigenvalue weighted by Crippen LogP contribution is 2.25. The largest absolute Gasteiger partial charge is 0.325 e. The van der Waals surface area contributed by atoms with Crippen LogP contribution >= 0.6 is 27.7 Å². The lowest BCUT2D eigenvalue weighted by Crippen LogP contribution is -2.22. The van der Waals surface area contributed by atoms with Crippen molar-refractivity contribution in [1.29, 1.82) is 0 Å². The third-order valence-corrected chi connectivity index (χ3v) is 4.75. The number of nitrogens with one attached hydrogen (secondary N) is 1. The molecule has 0 radical (unpaired) electrons. The van der Waals surface area contributed by atoms with E-state index in [2.05, 4.69) is 52.4 Å². The standard InChI is InChI=1S/C17H18BrNOS/c1-11-4-7-15(8-5-11)21-13(3)17(20)19-16-9-6-14(18)10-12(16)2/h4-10,13H,1-3H3,(H,19,20). The Morgan fingerprint density at radius 3 is 2.43 bits per heavy atom. The molecule has 1 N–H and O–H groups in total. The summed E-state index contributed by atoms with van der Waals surface area (Å²) in [5.74, 6) is 0.0194. The second-order valence-corrected chi connectivity index (χ2v) is 7.35. The number of halogens is 1. The molecule has 1 amide bonds. The first-order valence-corrected chi connectivity index (χ1v) is 8.43. The minimum Gasteiger partial charge on any atom is -0.325 e. The maximum absolute atomic E-state index is 12.3. The van der Waals surface area contributed by atoms with E-state index in [4.69, 9.17) is 0 Å². The van der Waals surface area contributed by atoms with Crippen LogP contribution in [0.4, 0.5) is 5.69 Å². The van der Waals surface area contributed by atoms with Gasteiger partial charge < -0.3 is 5.32 Å². The summed E-state index contributed by atoms with van der Waals surface area (Å²) in [4.78, 5) is 13.4. The quantitative estimate of drug-likeness (QED) is 0.757. The molecule has 1 atom stereocenters. The molecule has 21 heavy (non-hydrogen) atoms. The molecule has 0 heterocycles.